The van der Waals surface area contributed by atoms with Crippen LogP contribution in [-0.4, -0.2) is 24.0 Å². The summed E-state index contributed by atoms with van der Waals surface area (Å²) in [5, 5.41) is 2.75. The molecule has 0 aliphatic heterocycles. The minimum Gasteiger partial charge on any atom is -0.491 e. The smallest absolute Gasteiger partial charge is 0.244 e. The lowest BCUT2D eigenvalue weighted by atomic mass is 10.2. The van der Waals surface area contributed by atoms with E-state index >= 15 is 0 Å². The van der Waals surface area contributed by atoms with Gasteiger partial charge in [0.2, 0.25) is 11.8 Å². The summed E-state index contributed by atoms with van der Waals surface area (Å²) in [4.78, 5) is 22.5. The second kappa shape index (κ2) is 5.27. The van der Waals surface area contributed by atoms with Crippen molar-refractivity contribution in [3.05, 3.63) is 24.3 Å². The van der Waals surface area contributed by atoms with E-state index in [0.29, 0.717) is 24.3 Å². The van der Waals surface area contributed by atoms with Gasteiger partial charge in [-0.1, -0.05) is 12.1 Å². The van der Waals surface area contributed by atoms with Crippen molar-refractivity contribution in [2.45, 2.75) is 24.8 Å². The number of amides is 2. The minimum atomic E-state index is -0.736. The number of hydrogen-bond donors (Lipinski definition) is 3. The molecule has 0 unspecified atom stereocenters. The number of para-hydroxylation sites is 2. The van der Waals surface area contributed by atoms with Crippen LogP contribution in [0.15, 0.2) is 24.3 Å². The molecule has 0 atom stereocenters. The van der Waals surface area contributed by atoms with Gasteiger partial charge in [0.15, 0.2) is 0 Å². The first-order valence-corrected chi connectivity index (χ1v) is 6.12. The summed E-state index contributed by atoms with van der Waals surface area (Å²) in [5.41, 5.74) is 10.7. The third-order valence-electron chi connectivity index (χ3n) is 2.98. The van der Waals surface area contributed by atoms with E-state index < -0.39 is 11.4 Å². The molecule has 5 N–H and O–H groups in total. The third-order valence-corrected chi connectivity index (χ3v) is 2.98. The summed E-state index contributed by atoms with van der Waals surface area (Å²) < 4.78 is 5.43. The maximum Gasteiger partial charge on any atom is 0.244 e. The second-order valence-electron chi connectivity index (χ2n) is 4.67. The number of ether oxygens (including phenoxy) is 1. The van der Waals surface area contributed by atoms with Crippen molar-refractivity contribution in [3.8, 4) is 5.75 Å². The van der Waals surface area contributed by atoms with Crippen molar-refractivity contribution in [2.24, 2.45) is 11.5 Å². The van der Waals surface area contributed by atoms with Gasteiger partial charge in [-0.3, -0.25) is 9.59 Å². The van der Waals surface area contributed by atoms with Crippen LogP contribution in [0, 0.1) is 0 Å². The van der Waals surface area contributed by atoms with Crippen molar-refractivity contribution in [3.63, 3.8) is 0 Å². The highest BCUT2D eigenvalue weighted by Gasteiger charge is 2.46. The summed E-state index contributed by atoms with van der Waals surface area (Å²) >= 11 is 0. The molecule has 1 saturated carbocycles. The van der Waals surface area contributed by atoms with Crippen LogP contribution in [0.1, 0.15) is 19.3 Å². The molecule has 1 aliphatic rings. The number of anilines is 1. The van der Waals surface area contributed by atoms with Gasteiger partial charge in [-0.2, -0.15) is 0 Å². The molecule has 0 saturated heterocycles. The Kier molecular flexibility index (Phi) is 3.71. The average molecular weight is 263 g/mol. The maximum absolute atomic E-state index is 11.9. The highest BCUT2D eigenvalue weighted by Crippen LogP contribution is 2.34. The molecule has 0 radical (unpaired) electrons. The summed E-state index contributed by atoms with van der Waals surface area (Å²) in [6, 6.07) is 7.01. The van der Waals surface area contributed by atoms with Gasteiger partial charge in [0.05, 0.1) is 24.3 Å². The molecule has 1 aromatic rings. The number of carbonyl (C=O) groups excluding carboxylic acids is 2. The average Bonchev–Trinajstić information content (AvgIpc) is 3.10. The van der Waals surface area contributed by atoms with Crippen molar-refractivity contribution in [1.82, 2.24) is 0 Å². The molecular weight excluding hydrogens is 246 g/mol. The van der Waals surface area contributed by atoms with E-state index in [2.05, 4.69) is 5.32 Å². The predicted molar refractivity (Wildman–Crippen MR) is 70.5 cm³/mol. The number of nitrogens with one attached hydrogen (secondary N) is 1. The Labute approximate surface area is 111 Å². The first kappa shape index (κ1) is 13.4. The Morgan fingerprint density at radius 1 is 1.32 bits per heavy atom. The zero-order chi connectivity index (χ0) is 13.9. The Bertz CT molecular complexity index is 498. The molecule has 102 valence electrons. The fourth-order valence-corrected chi connectivity index (χ4v) is 1.57. The van der Waals surface area contributed by atoms with Gasteiger partial charge < -0.3 is 21.5 Å². The predicted octanol–water partition coefficient (Wildman–Crippen LogP) is 0.371. The van der Waals surface area contributed by atoms with Crippen LogP contribution in [0.25, 0.3) is 0 Å². The molecule has 6 nitrogen and oxygen atoms in total. The molecule has 1 aromatic carbocycles. The summed E-state index contributed by atoms with van der Waals surface area (Å²) in [7, 11) is 0. The summed E-state index contributed by atoms with van der Waals surface area (Å²) in [5.74, 6) is -0.139. The zero-order valence-corrected chi connectivity index (χ0v) is 10.5. The molecule has 1 aliphatic carbocycles. The molecule has 0 spiro atoms. The lowest BCUT2D eigenvalue weighted by Gasteiger charge is -2.14. The van der Waals surface area contributed by atoms with Gasteiger partial charge in [0.1, 0.15) is 5.75 Å². The van der Waals surface area contributed by atoms with Crippen molar-refractivity contribution < 1.29 is 14.3 Å². The van der Waals surface area contributed by atoms with E-state index in [1.165, 1.54) is 0 Å². The Morgan fingerprint density at radius 3 is 2.63 bits per heavy atom. The van der Waals surface area contributed by atoms with Crippen LogP contribution >= 0.6 is 0 Å². The maximum atomic E-state index is 11.9. The number of benzene rings is 1. The van der Waals surface area contributed by atoms with Crippen molar-refractivity contribution >= 4 is 17.5 Å². The minimum absolute atomic E-state index is 0.128. The molecular formula is C13H17N3O3. The van der Waals surface area contributed by atoms with E-state index in [-0.39, 0.29) is 18.9 Å². The topological polar surface area (TPSA) is 107 Å². The number of nitrogens with two attached hydrogens (primary N) is 2. The molecule has 0 bridgehead atoms. The molecule has 2 rings (SSSR count). The Hall–Kier alpha value is -2.08. The molecule has 0 heterocycles. The molecule has 2 amide bonds. The summed E-state index contributed by atoms with van der Waals surface area (Å²) in [6.45, 7) is 0.177. The van der Waals surface area contributed by atoms with Crippen molar-refractivity contribution in [2.75, 3.05) is 11.9 Å². The highest BCUT2D eigenvalue weighted by molar-refractivity contribution is 6.00. The molecule has 1 fully saturated rings. The number of primary amides is 1. The Balaban J connectivity index is 1.99. The van der Waals surface area contributed by atoms with E-state index in [1.807, 2.05) is 0 Å². The number of hydrogen-bond acceptors (Lipinski definition) is 4. The van der Waals surface area contributed by atoms with Crippen LogP contribution < -0.4 is 21.5 Å². The van der Waals surface area contributed by atoms with E-state index in [0.717, 1.165) is 0 Å². The van der Waals surface area contributed by atoms with Gasteiger partial charge >= 0.3 is 0 Å². The van der Waals surface area contributed by atoms with Gasteiger partial charge in [-0.05, 0) is 25.0 Å². The van der Waals surface area contributed by atoms with Crippen LogP contribution in [-0.2, 0) is 9.59 Å². The molecule has 0 aromatic heterocycles. The van der Waals surface area contributed by atoms with E-state index in [1.54, 1.807) is 24.3 Å². The first-order chi connectivity index (χ1) is 9.01. The third kappa shape index (κ3) is 3.45. The second-order valence-corrected chi connectivity index (χ2v) is 4.67. The van der Waals surface area contributed by atoms with Gasteiger partial charge in [0, 0.05) is 0 Å². The van der Waals surface area contributed by atoms with E-state index in [9.17, 15) is 9.59 Å². The standard InChI is InChI=1S/C13H17N3O3/c14-11(17)5-8-19-10-4-2-1-3-9(10)16-12(18)13(15)6-7-13/h1-4H,5-8,15H2,(H2,14,17)(H,16,18). The van der Waals surface area contributed by atoms with Crippen LogP contribution in [0.2, 0.25) is 0 Å². The summed E-state index contributed by atoms with van der Waals surface area (Å²) in [6.07, 6.45) is 1.52. The van der Waals surface area contributed by atoms with E-state index in [4.69, 9.17) is 16.2 Å². The van der Waals surface area contributed by atoms with Crippen LogP contribution in [0.3, 0.4) is 0 Å². The highest BCUT2D eigenvalue weighted by atomic mass is 16.5. The van der Waals surface area contributed by atoms with Crippen LogP contribution in [0.5, 0.6) is 5.75 Å². The van der Waals surface area contributed by atoms with Gasteiger partial charge in [-0.25, -0.2) is 0 Å². The first-order valence-electron chi connectivity index (χ1n) is 6.12. The van der Waals surface area contributed by atoms with Gasteiger partial charge in [0.25, 0.3) is 0 Å². The quantitative estimate of drug-likeness (QED) is 0.689. The SMILES string of the molecule is NC(=O)CCOc1ccccc1NC(=O)C1(N)CC1. The molecule has 19 heavy (non-hydrogen) atoms. The van der Waals surface area contributed by atoms with Gasteiger partial charge in [-0.15, -0.1) is 0 Å². The van der Waals surface area contributed by atoms with Crippen molar-refractivity contribution in [1.29, 1.82) is 0 Å². The number of carbonyl (C=O) groups is 2. The van der Waals surface area contributed by atoms with Crippen LogP contribution in [0.4, 0.5) is 5.69 Å². The normalized spacial score (nSPS) is 15.6. The Morgan fingerprint density at radius 2 is 2.00 bits per heavy atom. The fourth-order valence-electron chi connectivity index (χ4n) is 1.57. The zero-order valence-electron chi connectivity index (χ0n) is 10.5. The number of rotatable bonds is 6. The lowest BCUT2D eigenvalue weighted by Crippen LogP contribution is -2.37. The lowest BCUT2D eigenvalue weighted by molar-refractivity contribution is -0.119. The monoisotopic (exact) mass is 263 g/mol. The molecule has 6 heteroatoms. The fraction of sp³-hybridized carbons (Fsp3) is 0.385. The largest absolute Gasteiger partial charge is 0.491 e.